The van der Waals surface area contributed by atoms with Gasteiger partial charge >= 0.3 is 5.97 Å². The maximum atomic E-state index is 13.2. The molecule has 4 heterocycles. The van der Waals surface area contributed by atoms with Crippen molar-refractivity contribution in [3.63, 3.8) is 0 Å². The minimum atomic E-state index is -0.433. The van der Waals surface area contributed by atoms with Crippen LogP contribution in [0.3, 0.4) is 0 Å². The van der Waals surface area contributed by atoms with Gasteiger partial charge in [0, 0.05) is 47.6 Å². The lowest BCUT2D eigenvalue weighted by Crippen LogP contribution is -2.64. The fourth-order valence-corrected chi connectivity index (χ4v) is 6.13. The van der Waals surface area contributed by atoms with E-state index in [-0.39, 0.29) is 11.5 Å². The number of ether oxygens (including phenoxy) is 2. The number of aryl methyl sites for hydroxylation is 1. The molecule has 5 nitrogen and oxygen atoms in total. The van der Waals surface area contributed by atoms with Gasteiger partial charge in [-0.1, -0.05) is 0 Å². The van der Waals surface area contributed by atoms with E-state index in [9.17, 15) is 9.18 Å². The number of hydrogen-bond acceptors (Lipinski definition) is 4. The summed E-state index contributed by atoms with van der Waals surface area (Å²) in [7, 11) is 0. The maximum absolute atomic E-state index is 13.2. The second-order valence-corrected chi connectivity index (χ2v) is 9.37. The van der Waals surface area contributed by atoms with Crippen molar-refractivity contribution in [1.29, 1.82) is 0 Å². The molecular formula is C26H27FN2O3. The van der Waals surface area contributed by atoms with Crippen LogP contribution in [0.15, 0.2) is 36.4 Å². The Bertz CT molecular complexity index is 1200. The van der Waals surface area contributed by atoms with Crippen molar-refractivity contribution < 1.29 is 18.7 Å². The molecule has 2 unspecified atom stereocenters. The molecule has 166 valence electrons. The number of esters is 1. The topological polar surface area (TPSA) is 54.6 Å². The summed E-state index contributed by atoms with van der Waals surface area (Å²) in [6, 6.07) is 9.58. The number of nitrogens with zero attached hydrogens (tertiary/aromatic N) is 1. The number of nitrogens with one attached hydrogen (secondary N) is 1. The Morgan fingerprint density at radius 1 is 1.16 bits per heavy atom. The zero-order valence-corrected chi connectivity index (χ0v) is 18.2. The quantitative estimate of drug-likeness (QED) is 0.436. The number of fused-ring (bicyclic) bond motifs is 3. The van der Waals surface area contributed by atoms with Gasteiger partial charge in [0.15, 0.2) is 5.72 Å². The molecule has 0 bridgehead atoms. The predicted octanol–water partition coefficient (Wildman–Crippen LogP) is 5.36. The van der Waals surface area contributed by atoms with Crippen molar-refractivity contribution in [1.82, 2.24) is 9.88 Å². The van der Waals surface area contributed by atoms with E-state index < -0.39 is 5.97 Å². The second kappa shape index (κ2) is 7.34. The van der Waals surface area contributed by atoms with Gasteiger partial charge in [-0.2, -0.15) is 0 Å². The molecule has 1 spiro atoms. The zero-order valence-electron chi connectivity index (χ0n) is 18.2. The number of rotatable bonds is 2. The molecule has 2 saturated heterocycles. The second-order valence-electron chi connectivity index (χ2n) is 9.37. The summed E-state index contributed by atoms with van der Waals surface area (Å²) in [5.41, 5.74) is 3.13. The van der Waals surface area contributed by atoms with E-state index in [1.807, 2.05) is 13.0 Å². The van der Waals surface area contributed by atoms with Crippen LogP contribution in [0, 0.1) is 18.7 Å². The average Bonchev–Trinajstić information content (AvgIpc) is 3.14. The van der Waals surface area contributed by atoms with Crippen LogP contribution < -0.4 is 9.47 Å². The molecule has 6 heteroatoms. The Labute approximate surface area is 186 Å². The van der Waals surface area contributed by atoms with E-state index in [2.05, 4.69) is 16.0 Å². The van der Waals surface area contributed by atoms with Crippen molar-refractivity contribution in [3.05, 3.63) is 59.0 Å². The van der Waals surface area contributed by atoms with E-state index in [4.69, 9.17) is 9.47 Å². The van der Waals surface area contributed by atoms with Gasteiger partial charge in [0.1, 0.15) is 17.3 Å². The third-order valence-corrected chi connectivity index (χ3v) is 7.55. The van der Waals surface area contributed by atoms with Crippen LogP contribution in [0.25, 0.3) is 10.9 Å². The molecule has 32 heavy (non-hydrogen) atoms. The number of benzene rings is 2. The summed E-state index contributed by atoms with van der Waals surface area (Å²) in [4.78, 5) is 19.1. The Morgan fingerprint density at radius 3 is 2.81 bits per heavy atom. The first-order valence-corrected chi connectivity index (χ1v) is 11.6. The minimum Gasteiger partial charge on any atom is -0.472 e. The van der Waals surface area contributed by atoms with Crippen LogP contribution in [0.2, 0.25) is 0 Å². The zero-order chi connectivity index (χ0) is 21.9. The molecule has 1 aromatic heterocycles. The van der Waals surface area contributed by atoms with Crippen molar-refractivity contribution in [2.24, 2.45) is 5.92 Å². The van der Waals surface area contributed by atoms with Crippen molar-refractivity contribution in [2.45, 2.75) is 51.2 Å². The summed E-state index contributed by atoms with van der Waals surface area (Å²) in [6.45, 7) is 4.10. The molecule has 1 N–H and O–H groups in total. The smallest absolute Gasteiger partial charge is 0.346 e. The van der Waals surface area contributed by atoms with Gasteiger partial charge in [0.2, 0.25) is 0 Å². The van der Waals surface area contributed by atoms with Gasteiger partial charge in [-0.15, -0.1) is 0 Å². The van der Waals surface area contributed by atoms with Gasteiger partial charge in [0.05, 0.1) is 5.56 Å². The number of carbonyl (C=O) groups excluding carboxylic acids is 1. The highest BCUT2D eigenvalue weighted by atomic mass is 19.1. The minimum absolute atomic E-state index is 0.197. The Balaban J connectivity index is 1.42. The first-order valence-electron chi connectivity index (χ1n) is 11.6. The Kier molecular flexibility index (Phi) is 4.54. The SMILES string of the molecule is Cc1[nH]c2ccc3c(c2c1C(=O)Oc1ccc(F)cc1)CC1CCCN2CCCCC12O3. The normalized spacial score (nSPS) is 24.9. The molecule has 0 amide bonds. The predicted molar refractivity (Wildman–Crippen MR) is 120 cm³/mol. The number of aromatic amines is 1. The summed E-state index contributed by atoms with van der Waals surface area (Å²) < 4.78 is 25.7. The fraction of sp³-hybridized carbons (Fsp3) is 0.423. The molecule has 2 atom stereocenters. The number of H-pyrrole nitrogens is 1. The number of hydrogen-bond donors (Lipinski definition) is 1. The summed E-state index contributed by atoms with van der Waals surface area (Å²) in [5, 5.41) is 0.898. The lowest BCUT2D eigenvalue weighted by Gasteiger charge is -2.56. The van der Waals surface area contributed by atoms with Gasteiger partial charge in [-0.25, -0.2) is 9.18 Å². The molecular weight excluding hydrogens is 407 g/mol. The van der Waals surface area contributed by atoms with Crippen LogP contribution in [-0.2, 0) is 6.42 Å². The number of halogens is 1. The molecule has 3 aliphatic rings. The van der Waals surface area contributed by atoms with Crippen LogP contribution in [0.5, 0.6) is 11.5 Å². The Morgan fingerprint density at radius 2 is 1.97 bits per heavy atom. The fourth-order valence-electron chi connectivity index (χ4n) is 6.13. The monoisotopic (exact) mass is 434 g/mol. The molecule has 6 rings (SSSR count). The van der Waals surface area contributed by atoms with E-state index >= 15 is 0 Å². The van der Waals surface area contributed by atoms with Crippen molar-refractivity contribution in [2.75, 3.05) is 13.1 Å². The molecule has 2 aromatic carbocycles. The van der Waals surface area contributed by atoms with Gasteiger partial charge in [-0.3, -0.25) is 4.90 Å². The first kappa shape index (κ1) is 19.8. The molecule has 3 aromatic rings. The first-order chi connectivity index (χ1) is 15.5. The highest BCUT2D eigenvalue weighted by molar-refractivity contribution is 6.08. The van der Waals surface area contributed by atoms with E-state index in [1.54, 1.807) is 0 Å². The van der Waals surface area contributed by atoms with E-state index in [0.29, 0.717) is 17.2 Å². The molecule has 2 fully saturated rings. The number of piperidine rings is 2. The largest absolute Gasteiger partial charge is 0.472 e. The van der Waals surface area contributed by atoms with Gasteiger partial charge in [-0.05, 0) is 75.4 Å². The van der Waals surface area contributed by atoms with Crippen LogP contribution >= 0.6 is 0 Å². The highest BCUT2D eigenvalue weighted by Gasteiger charge is 2.52. The highest BCUT2D eigenvalue weighted by Crippen LogP contribution is 2.50. The third-order valence-electron chi connectivity index (χ3n) is 7.55. The average molecular weight is 435 g/mol. The lowest BCUT2D eigenvalue weighted by molar-refractivity contribution is -0.177. The molecule has 0 aliphatic carbocycles. The summed E-state index contributed by atoms with van der Waals surface area (Å²) in [5.74, 6) is 0.841. The van der Waals surface area contributed by atoms with Crippen LogP contribution in [-0.4, -0.2) is 34.7 Å². The molecule has 0 saturated carbocycles. The number of carbonyl (C=O) groups is 1. The van der Waals surface area contributed by atoms with Crippen molar-refractivity contribution in [3.8, 4) is 11.5 Å². The van der Waals surface area contributed by atoms with Crippen molar-refractivity contribution >= 4 is 16.9 Å². The summed E-state index contributed by atoms with van der Waals surface area (Å²) in [6.07, 6.45) is 6.74. The van der Waals surface area contributed by atoms with Crippen LogP contribution in [0.4, 0.5) is 4.39 Å². The van der Waals surface area contributed by atoms with E-state index in [1.165, 1.54) is 43.5 Å². The van der Waals surface area contributed by atoms with Gasteiger partial charge < -0.3 is 14.5 Å². The molecule has 3 aliphatic heterocycles. The number of aromatic nitrogens is 1. The van der Waals surface area contributed by atoms with Crippen LogP contribution in [0.1, 0.15) is 53.7 Å². The van der Waals surface area contributed by atoms with Gasteiger partial charge in [0.25, 0.3) is 0 Å². The molecule has 0 radical (unpaired) electrons. The third kappa shape index (κ3) is 2.96. The summed E-state index contributed by atoms with van der Waals surface area (Å²) >= 11 is 0. The maximum Gasteiger partial charge on any atom is 0.346 e. The Hall–Kier alpha value is -2.86. The standard InChI is InChI=1S/C26H27FN2O3/c1-16-23(25(30)31-19-8-6-18(27)7-9-19)24-20-15-17-5-4-14-29-13-3-2-12-26(17,29)32-22(20)11-10-21(24)28-16/h6-11,17,28H,2-5,12-15H2,1H3. The van der Waals surface area contributed by atoms with E-state index in [0.717, 1.165) is 60.3 Å². The lowest BCUT2D eigenvalue weighted by atomic mass is 9.74.